The van der Waals surface area contributed by atoms with Crippen molar-refractivity contribution in [2.45, 2.75) is 13.1 Å². The minimum absolute atomic E-state index is 0.0259. The van der Waals surface area contributed by atoms with Crippen LogP contribution in [0.25, 0.3) is 0 Å². The minimum atomic E-state index is -4.45. The number of nitrogens with zero attached hydrogens (tertiary/aromatic N) is 1. The van der Waals surface area contributed by atoms with Gasteiger partial charge in [0.15, 0.2) is 5.11 Å². The molecule has 0 aliphatic carbocycles. The van der Waals surface area contributed by atoms with E-state index in [2.05, 4.69) is 10.6 Å². The predicted molar refractivity (Wildman–Crippen MR) is 89.1 cm³/mol. The van der Waals surface area contributed by atoms with Crippen LogP contribution in [0.15, 0.2) is 42.5 Å². The molecular weight excluding hydrogens is 343 g/mol. The molecule has 5 nitrogen and oxygen atoms in total. The summed E-state index contributed by atoms with van der Waals surface area (Å²) in [6.45, 7) is 1.72. The Balaban J connectivity index is 2.14. The van der Waals surface area contributed by atoms with E-state index in [1.807, 2.05) is 0 Å². The molecule has 0 saturated carbocycles. The van der Waals surface area contributed by atoms with Crippen LogP contribution in [0, 0.1) is 17.0 Å². The van der Waals surface area contributed by atoms with Crippen LogP contribution < -0.4 is 10.6 Å². The molecule has 2 aromatic rings. The standard InChI is InChI=1S/C15H12F3N3O2S/c1-9-5-6-12(21(22)23)8-13(9)20-14(24)19-11-4-2-3-10(7-11)15(16,17)18/h2-8H,1H3,(H2,19,20,24). The molecule has 0 aliphatic heterocycles. The molecule has 0 fully saturated rings. The van der Waals surface area contributed by atoms with Gasteiger partial charge in [0.2, 0.25) is 0 Å². The molecule has 0 saturated heterocycles. The Kier molecular flexibility index (Phi) is 5.03. The Hall–Kier alpha value is -2.68. The van der Waals surface area contributed by atoms with Crippen LogP contribution in [-0.4, -0.2) is 10.0 Å². The molecule has 0 spiro atoms. The average molecular weight is 355 g/mol. The van der Waals surface area contributed by atoms with Crippen LogP contribution in [0.4, 0.5) is 30.2 Å². The number of nitro benzene ring substituents is 1. The zero-order valence-corrected chi connectivity index (χ0v) is 13.2. The molecule has 2 rings (SSSR count). The second-order valence-electron chi connectivity index (χ2n) is 4.91. The first kappa shape index (κ1) is 17.7. The van der Waals surface area contributed by atoms with Gasteiger partial charge >= 0.3 is 6.18 Å². The summed E-state index contributed by atoms with van der Waals surface area (Å²) >= 11 is 5.05. The van der Waals surface area contributed by atoms with Crippen LogP contribution in [0.1, 0.15) is 11.1 Å². The Labute approximate surface area is 140 Å². The number of nitrogens with one attached hydrogen (secondary N) is 2. The molecule has 0 radical (unpaired) electrons. The van der Waals surface area contributed by atoms with Crippen molar-refractivity contribution in [3.63, 3.8) is 0 Å². The highest BCUT2D eigenvalue weighted by molar-refractivity contribution is 7.80. The molecule has 24 heavy (non-hydrogen) atoms. The van der Waals surface area contributed by atoms with Crippen molar-refractivity contribution in [3.05, 3.63) is 63.7 Å². The number of halogens is 3. The second-order valence-corrected chi connectivity index (χ2v) is 5.32. The van der Waals surface area contributed by atoms with Gasteiger partial charge in [0.05, 0.1) is 10.5 Å². The lowest BCUT2D eigenvalue weighted by Crippen LogP contribution is -2.20. The SMILES string of the molecule is Cc1ccc([N+](=O)[O-])cc1NC(=S)Nc1cccc(C(F)(F)F)c1. The third-order valence-corrected chi connectivity index (χ3v) is 3.33. The molecule has 0 unspecified atom stereocenters. The van der Waals surface area contributed by atoms with Gasteiger partial charge in [-0.15, -0.1) is 0 Å². The van der Waals surface area contributed by atoms with Crippen LogP contribution in [0.2, 0.25) is 0 Å². The van der Waals surface area contributed by atoms with Gasteiger partial charge in [0.1, 0.15) is 0 Å². The van der Waals surface area contributed by atoms with Crippen molar-refractivity contribution in [1.82, 2.24) is 0 Å². The normalized spacial score (nSPS) is 11.0. The maximum Gasteiger partial charge on any atom is 0.416 e. The summed E-state index contributed by atoms with van der Waals surface area (Å²) in [5.74, 6) is 0. The lowest BCUT2D eigenvalue weighted by atomic mass is 10.2. The number of hydrogen-bond acceptors (Lipinski definition) is 3. The van der Waals surface area contributed by atoms with Gasteiger partial charge in [-0.1, -0.05) is 12.1 Å². The quantitative estimate of drug-likeness (QED) is 0.473. The highest BCUT2D eigenvalue weighted by Gasteiger charge is 2.30. The number of rotatable bonds is 3. The molecule has 0 heterocycles. The topological polar surface area (TPSA) is 67.2 Å². The molecule has 2 aromatic carbocycles. The first-order chi connectivity index (χ1) is 11.2. The van der Waals surface area contributed by atoms with E-state index in [9.17, 15) is 23.3 Å². The fraction of sp³-hybridized carbons (Fsp3) is 0.133. The lowest BCUT2D eigenvalue weighted by molar-refractivity contribution is -0.384. The summed E-state index contributed by atoms with van der Waals surface area (Å²) < 4.78 is 38.1. The van der Waals surface area contributed by atoms with Gasteiger partial charge in [-0.05, 0) is 42.9 Å². The smallest absolute Gasteiger partial charge is 0.332 e. The van der Waals surface area contributed by atoms with Gasteiger partial charge in [0.25, 0.3) is 5.69 Å². The Morgan fingerprint density at radius 3 is 2.50 bits per heavy atom. The monoisotopic (exact) mass is 355 g/mol. The number of aryl methyl sites for hydroxylation is 1. The van der Waals surface area contributed by atoms with Crippen LogP contribution in [-0.2, 0) is 6.18 Å². The molecule has 0 aliphatic rings. The molecule has 9 heteroatoms. The van der Waals surface area contributed by atoms with Crippen molar-refractivity contribution < 1.29 is 18.1 Å². The second kappa shape index (κ2) is 6.83. The van der Waals surface area contributed by atoms with Crippen molar-refractivity contribution in [2.24, 2.45) is 0 Å². The number of hydrogen-bond donors (Lipinski definition) is 2. The third-order valence-electron chi connectivity index (χ3n) is 3.13. The molecule has 0 aromatic heterocycles. The average Bonchev–Trinajstić information content (AvgIpc) is 2.48. The van der Waals surface area contributed by atoms with Gasteiger partial charge in [0, 0.05) is 23.5 Å². The first-order valence-electron chi connectivity index (χ1n) is 6.67. The van der Waals surface area contributed by atoms with Crippen molar-refractivity contribution in [1.29, 1.82) is 0 Å². The number of nitro groups is 1. The Morgan fingerprint density at radius 1 is 1.17 bits per heavy atom. The highest BCUT2D eigenvalue weighted by atomic mass is 32.1. The Bertz CT molecular complexity index is 794. The number of non-ortho nitro benzene ring substituents is 1. The zero-order valence-electron chi connectivity index (χ0n) is 12.3. The van der Waals surface area contributed by atoms with Crippen LogP contribution in [0.5, 0.6) is 0 Å². The number of anilines is 2. The van der Waals surface area contributed by atoms with E-state index >= 15 is 0 Å². The van der Waals surface area contributed by atoms with Gasteiger partial charge < -0.3 is 10.6 Å². The highest BCUT2D eigenvalue weighted by Crippen LogP contribution is 2.30. The largest absolute Gasteiger partial charge is 0.416 e. The molecule has 0 amide bonds. The van der Waals surface area contributed by atoms with E-state index in [1.54, 1.807) is 13.0 Å². The zero-order chi connectivity index (χ0) is 17.9. The maximum absolute atomic E-state index is 12.7. The van der Waals surface area contributed by atoms with Gasteiger partial charge in [-0.2, -0.15) is 13.2 Å². The van der Waals surface area contributed by atoms with E-state index in [-0.39, 0.29) is 16.5 Å². The molecule has 126 valence electrons. The van der Waals surface area contributed by atoms with Crippen molar-refractivity contribution in [2.75, 3.05) is 10.6 Å². The third kappa shape index (κ3) is 4.42. The van der Waals surface area contributed by atoms with E-state index in [0.29, 0.717) is 11.3 Å². The molecule has 2 N–H and O–H groups in total. The van der Waals surface area contributed by atoms with Gasteiger partial charge in [-0.25, -0.2) is 0 Å². The van der Waals surface area contributed by atoms with Crippen LogP contribution >= 0.6 is 12.2 Å². The molecule has 0 bridgehead atoms. The predicted octanol–water partition coefficient (Wildman–Crippen LogP) is 4.73. The molecular formula is C15H12F3N3O2S. The van der Waals surface area contributed by atoms with Crippen molar-refractivity contribution >= 4 is 34.4 Å². The van der Waals surface area contributed by atoms with E-state index in [0.717, 1.165) is 12.1 Å². The van der Waals surface area contributed by atoms with Crippen LogP contribution in [0.3, 0.4) is 0 Å². The number of alkyl halides is 3. The first-order valence-corrected chi connectivity index (χ1v) is 7.08. The number of thiocarbonyl (C=S) groups is 1. The lowest BCUT2D eigenvalue weighted by Gasteiger charge is -2.14. The molecule has 0 atom stereocenters. The maximum atomic E-state index is 12.7. The summed E-state index contributed by atoms with van der Waals surface area (Å²) in [5, 5.41) is 16.2. The summed E-state index contributed by atoms with van der Waals surface area (Å²) in [7, 11) is 0. The Morgan fingerprint density at radius 2 is 1.88 bits per heavy atom. The van der Waals surface area contributed by atoms with E-state index in [1.165, 1.54) is 24.3 Å². The van der Waals surface area contributed by atoms with Crippen molar-refractivity contribution in [3.8, 4) is 0 Å². The fourth-order valence-electron chi connectivity index (χ4n) is 1.92. The summed E-state index contributed by atoms with van der Waals surface area (Å²) in [6.07, 6.45) is -4.45. The minimum Gasteiger partial charge on any atom is -0.332 e. The van der Waals surface area contributed by atoms with E-state index < -0.39 is 16.7 Å². The number of benzene rings is 2. The summed E-state index contributed by atoms with van der Waals surface area (Å²) in [5.41, 5.74) is 0.333. The fourth-order valence-corrected chi connectivity index (χ4v) is 2.14. The van der Waals surface area contributed by atoms with E-state index in [4.69, 9.17) is 12.2 Å². The summed E-state index contributed by atoms with van der Waals surface area (Å²) in [4.78, 5) is 10.2. The summed E-state index contributed by atoms with van der Waals surface area (Å²) in [6, 6.07) is 8.77. The van der Waals surface area contributed by atoms with Gasteiger partial charge in [-0.3, -0.25) is 10.1 Å².